The minimum absolute atomic E-state index is 0.0218. The van der Waals surface area contributed by atoms with E-state index in [1.165, 1.54) is 0 Å². The Morgan fingerprint density at radius 1 is 1.27 bits per heavy atom. The van der Waals surface area contributed by atoms with Crippen molar-refractivity contribution in [2.75, 3.05) is 0 Å². The van der Waals surface area contributed by atoms with Crippen LogP contribution in [0.1, 0.15) is 17.5 Å². The van der Waals surface area contributed by atoms with Crippen molar-refractivity contribution in [2.24, 2.45) is 5.73 Å². The fraction of sp³-hybridized carbons (Fsp3) is 0.200. The predicted octanol–water partition coefficient (Wildman–Crippen LogP) is 1.97. The van der Waals surface area contributed by atoms with Crippen molar-refractivity contribution in [1.82, 2.24) is 10.2 Å². The van der Waals surface area contributed by atoms with Gasteiger partial charge in [0.05, 0.1) is 6.04 Å². The molecule has 1 aromatic heterocycles. The van der Waals surface area contributed by atoms with E-state index < -0.39 is 0 Å². The first-order valence-electron chi connectivity index (χ1n) is 4.54. The second-order valence-corrected chi connectivity index (χ2v) is 3.51. The van der Waals surface area contributed by atoms with E-state index in [0.717, 1.165) is 5.56 Å². The molecule has 4 nitrogen and oxygen atoms in total. The Labute approximate surface area is 92.1 Å². The van der Waals surface area contributed by atoms with Crippen LogP contribution in [-0.2, 0) is 6.42 Å². The molecule has 0 saturated carbocycles. The number of nitrogens with two attached hydrogens (primary N) is 1. The monoisotopic (exact) mass is 223 g/mol. The van der Waals surface area contributed by atoms with Crippen LogP contribution in [0.15, 0.2) is 34.7 Å². The van der Waals surface area contributed by atoms with Crippen LogP contribution in [-0.4, -0.2) is 10.2 Å². The molecule has 2 rings (SSSR count). The Morgan fingerprint density at radius 3 is 2.60 bits per heavy atom. The van der Waals surface area contributed by atoms with Gasteiger partial charge in [-0.2, -0.15) is 0 Å². The van der Waals surface area contributed by atoms with Gasteiger partial charge in [0.25, 0.3) is 0 Å². The molecule has 0 spiro atoms. The van der Waals surface area contributed by atoms with E-state index in [1.54, 1.807) is 0 Å². The molecular weight excluding hydrogens is 214 g/mol. The highest BCUT2D eigenvalue weighted by molar-refractivity contribution is 6.27. The lowest BCUT2D eigenvalue weighted by Crippen LogP contribution is -2.13. The third kappa shape index (κ3) is 2.55. The maximum absolute atomic E-state index is 5.89. The van der Waals surface area contributed by atoms with Crippen molar-refractivity contribution in [3.8, 4) is 0 Å². The van der Waals surface area contributed by atoms with E-state index in [4.69, 9.17) is 21.8 Å². The number of rotatable bonds is 3. The summed E-state index contributed by atoms with van der Waals surface area (Å²) in [5.41, 5.74) is 7.01. The minimum Gasteiger partial charge on any atom is -0.410 e. The summed E-state index contributed by atoms with van der Waals surface area (Å²) in [6, 6.07) is 9.56. The van der Waals surface area contributed by atoms with E-state index in [0.29, 0.717) is 12.3 Å². The van der Waals surface area contributed by atoms with Crippen molar-refractivity contribution in [3.05, 3.63) is 47.1 Å². The number of halogens is 1. The zero-order chi connectivity index (χ0) is 10.7. The Bertz CT molecular complexity index is 429. The molecule has 0 saturated heterocycles. The summed E-state index contributed by atoms with van der Waals surface area (Å²) < 4.78 is 5.04. The molecule has 2 aromatic rings. The van der Waals surface area contributed by atoms with Crippen LogP contribution in [0.5, 0.6) is 0 Å². The molecule has 78 valence electrons. The van der Waals surface area contributed by atoms with Crippen molar-refractivity contribution in [2.45, 2.75) is 12.5 Å². The molecule has 1 aromatic carbocycles. The van der Waals surface area contributed by atoms with E-state index in [9.17, 15) is 0 Å². The summed E-state index contributed by atoms with van der Waals surface area (Å²) in [5, 5.41) is 7.31. The number of hydrogen-bond acceptors (Lipinski definition) is 4. The number of benzene rings is 1. The normalized spacial score (nSPS) is 12.7. The van der Waals surface area contributed by atoms with Crippen LogP contribution in [0, 0.1) is 0 Å². The first-order chi connectivity index (χ1) is 7.25. The van der Waals surface area contributed by atoms with Gasteiger partial charge in [0.2, 0.25) is 5.89 Å². The molecule has 1 atom stereocenters. The summed E-state index contributed by atoms with van der Waals surface area (Å²) in [6.07, 6.45) is 0.652. The molecule has 1 heterocycles. The highest BCUT2D eigenvalue weighted by Crippen LogP contribution is 2.16. The van der Waals surface area contributed by atoms with Crippen LogP contribution in [0.4, 0.5) is 0 Å². The Hall–Kier alpha value is -1.39. The summed E-state index contributed by atoms with van der Waals surface area (Å²) in [4.78, 5) is 0. The van der Waals surface area contributed by atoms with E-state index in [1.807, 2.05) is 30.3 Å². The zero-order valence-corrected chi connectivity index (χ0v) is 8.69. The smallest absolute Gasteiger partial charge is 0.312 e. The van der Waals surface area contributed by atoms with Crippen LogP contribution in [0.2, 0.25) is 5.35 Å². The van der Waals surface area contributed by atoms with Crippen molar-refractivity contribution in [1.29, 1.82) is 0 Å². The molecule has 2 N–H and O–H groups in total. The maximum Gasteiger partial charge on any atom is 0.312 e. The van der Waals surface area contributed by atoms with Crippen LogP contribution in [0.25, 0.3) is 0 Å². The summed E-state index contributed by atoms with van der Waals surface area (Å²) in [6.45, 7) is 0. The molecule has 0 aliphatic rings. The third-order valence-corrected chi connectivity index (χ3v) is 2.18. The largest absolute Gasteiger partial charge is 0.410 e. The molecule has 0 unspecified atom stereocenters. The number of aromatic nitrogens is 2. The average Bonchev–Trinajstić information content (AvgIpc) is 2.66. The number of hydrogen-bond donors (Lipinski definition) is 1. The van der Waals surface area contributed by atoms with Crippen molar-refractivity contribution in [3.63, 3.8) is 0 Å². The molecule has 0 bridgehead atoms. The molecule has 0 fully saturated rings. The Kier molecular flexibility index (Phi) is 2.99. The van der Waals surface area contributed by atoms with Gasteiger partial charge in [0, 0.05) is 0 Å². The van der Waals surface area contributed by atoms with Gasteiger partial charge in [-0.15, -0.1) is 5.10 Å². The maximum atomic E-state index is 5.89. The van der Waals surface area contributed by atoms with Gasteiger partial charge in [-0.05, 0) is 23.6 Å². The number of nitrogens with zero attached hydrogens (tertiary/aromatic N) is 2. The van der Waals surface area contributed by atoms with Gasteiger partial charge in [-0.1, -0.05) is 35.4 Å². The lowest BCUT2D eigenvalue weighted by Gasteiger charge is -2.05. The summed E-state index contributed by atoms with van der Waals surface area (Å²) in [5.74, 6) is 0.365. The molecule has 0 aliphatic carbocycles. The zero-order valence-electron chi connectivity index (χ0n) is 7.93. The van der Waals surface area contributed by atoms with E-state index >= 15 is 0 Å². The van der Waals surface area contributed by atoms with Gasteiger partial charge in [-0.3, -0.25) is 0 Å². The Balaban J connectivity index is 2.07. The van der Waals surface area contributed by atoms with Crippen LogP contribution >= 0.6 is 11.6 Å². The predicted molar refractivity (Wildman–Crippen MR) is 56.4 cm³/mol. The minimum atomic E-state index is -0.313. The fourth-order valence-electron chi connectivity index (χ4n) is 1.32. The van der Waals surface area contributed by atoms with Crippen LogP contribution < -0.4 is 5.73 Å². The SMILES string of the molecule is N[C@@H](Cc1ccccc1)c1nnc(Cl)o1. The summed E-state index contributed by atoms with van der Waals surface area (Å²) >= 11 is 5.51. The summed E-state index contributed by atoms with van der Waals surface area (Å²) in [7, 11) is 0. The van der Waals surface area contributed by atoms with Gasteiger partial charge >= 0.3 is 5.35 Å². The molecule has 0 radical (unpaired) electrons. The van der Waals surface area contributed by atoms with Gasteiger partial charge in [0.15, 0.2) is 0 Å². The highest BCUT2D eigenvalue weighted by atomic mass is 35.5. The first-order valence-corrected chi connectivity index (χ1v) is 4.92. The van der Waals surface area contributed by atoms with E-state index in [2.05, 4.69) is 10.2 Å². The Morgan fingerprint density at radius 2 is 2.00 bits per heavy atom. The molecular formula is C10H10ClN3O. The van der Waals surface area contributed by atoms with Gasteiger partial charge in [-0.25, -0.2) is 0 Å². The lowest BCUT2D eigenvalue weighted by atomic mass is 10.1. The quantitative estimate of drug-likeness (QED) is 0.864. The van der Waals surface area contributed by atoms with Crippen molar-refractivity contribution < 1.29 is 4.42 Å². The second kappa shape index (κ2) is 4.42. The standard InChI is InChI=1S/C10H10ClN3O/c11-10-14-13-9(15-10)8(12)6-7-4-2-1-3-5-7/h1-5,8H,6,12H2/t8-/m0/s1. The molecule has 0 aliphatic heterocycles. The molecule has 5 heteroatoms. The third-order valence-electron chi connectivity index (χ3n) is 2.03. The van der Waals surface area contributed by atoms with E-state index in [-0.39, 0.29) is 11.4 Å². The first kappa shape index (κ1) is 10.1. The van der Waals surface area contributed by atoms with Crippen LogP contribution in [0.3, 0.4) is 0 Å². The van der Waals surface area contributed by atoms with Gasteiger partial charge in [0.1, 0.15) is 0 Å². The van der Waals surface area contributed by atoms with Crippen molar-refractivity contribution >= 4 is 11.6 Å². The molecule has 15 heavy (non-hydrogen) atoms. The highest BCUT2D eigenvalue weighted by Gasteiger charge is 2.13. The second-order valence-electron chi connectivity index (χ2n) is 3.19. The lowest BCUT2D eigenvalue weighted by molar-refractivity contribution is 0.449. The topological polar surface area (TPSA) is 64.9 Å². The fourth-order valence-corrected chi connectivity index (χ4v) is 1.44. The average molecular weight is 224 g/mol. The van der Waals surface area contributed by atoms with Gasteiger partial charge < -0.3 is 10.2 Å². The molecule has 0 amide bonds.